The van der Waals surface area contributed by atoms with Crippen LogP contribution in [0.25, 0.3) is 0 Å². The summed E-state index contributed by atoms with van der Waals surface area (Å²) >= 11 is 1.66. The molecule has 5 nitrogen and oxygen atoms in total. The van der Waals surface area contributed by atoms with Gasteiger partial charge in [-0.3, -0.25) is 0 Å². The second-order valence-corrected chi connectivity index (χ2v) is 5.46. The highest BCUT2D eigenvalue weighted by molar-refractivity contribution is 7.07. The van der Waals surface area contributed by atoms with Gasteiger partial charge in [0, 0.05) is 6.54 Å². The van der Waals surface area contributed by atoms with Gasteiger partial charge in [-0.25, -0.2) is 4.79 Å². The van der Waals surface area contributed by atoms with Crippen LogP contribution in [0.3, 0.4) is 0 Å². The van der Waals surface area contributed by atoms with E-state index in [1.807, 2.05) is 25.5 Å². The van der Waals surface area contributed by atoms with Crippen molar-refractivity contribution in [2.45, 2.75) is 12.6 Å². The first-order chi connectivity index (χ1) is 9.66. The molecule has 2 rings (SSSR count). The van der Waals surface area contributed by atoms with Crippen LogP contribution >= 0.6 is 11.3 Å². The minimum Gasteiger partial charge on any atom is -0.467 e. The molecule has 2 aromatic heterocycles. The Labute approximate surface area is 122 Å². The number of amides is 2. The first-order valence-electron chi connectivity index (χ1n) is 6.39. The lowest BCUT2D eigenvalue weighted by atomic mass is 10.1. The number of carbonyl (C=O) groups is 1. The van der Waals surface area contributed by atoms with Gasteiger partial charge in [-0.1, -0.05) is 0 Å². The van der Waals surface area contributed by atoms with Crippen LogP contribution in [0.15, 0.2) is 39.6 Å². The zero-order valence-corrected chi connectivity index (χ0v) is 12.4. The van der Waals surface area contributed by atoms with E-state index in [1.165, 1.54) is 5.56 Å². The van der Waals surface area contributed by atoms with E-state index < -0.39 is 0 Å². The average Bonchev–Trinajstić information content (AvgIpc) is 3.09. The number of hydrogen-bond acceptors (Lipinski definition) is 4. The molecule has 0 fully saturated rings. The molecular weight excluding hydrogens is 274 g/mol. The number of nitrogens with zero attached hydrogens (tertiary/aromatic N) is 1. The highest BCUT2D eigenvalue weighted by atomic mass is 32.1. The number of hydrogen-bond donors (Lipinski definition) is 2. The van der Waals surface area contributed by atoms with E-state index in [0.717, 1.165) is 5.76 Å². The van der Waals surface area contributed by atoms with Crippen LogP contribution in [0.1, 0.15) is 17.4 Å². The molecule has 108 valence electrons. The highest BCUT2D eigenvalue weighted by Crippen LogP contribution is 2.19. The van der Waals surface area contributed by atoms with Crippen LogP contribution in [0, 0.1) is 0 Å². The number of rotatable bonds is 6. The fourth-order valence-corrected chi connectivity index (χ4v) is 2.60. The van der Waals surface area contributed by atoms with E-state index in [-0.39, 0.29) is 12.1 Å². The van der Waals surface area contributed by atoms with Crippen LogP contribution in [0.2, 0.25) is 0 Å². The van der Waals surface area contributed by atoms with Crippen LogP contribution in [-0.2, 0) is 6.54 Å². The third-order valence-corrected chi connectivity index (χ3v) is 3.71. The molecule has 0 unspecified atom stereocenters. The normalized spacial score (nSPS) is 12.3. The maximum Gasteiger partial charge on any atom is 0.315 e. The number of carbonyl (C=O) groups excluding carboxylic acids is 1. The predicted octanol–water partition coefficient (Wildman–Crippen LogP) is 2.44. The molecule has 0 saturated carbocycles. The summed E-state index contributed by atoms with van der Waals surface area (Å²) in [4.78, 5) is 13.8. The Bertz CT molecular complexity index is 509. The molecule has 2 aromatic rings. The summed E-state index contributed by atoms with van der Waals surface area (Å²) in [6.45, 7) is 0.956. The molecule has 20 heavy (non-hydrogen) atoms. The molecule has 0 spiro atoms. The molecule has 0 aliphatic rings. The largest absolute Gasteiger partial charge is 0.467 e. The molecule has 0 bridgehead atoms. The van der Waals surface area contributed by atoms with Crippen molar-refractivity contribution < 1.29 is 9.21 Å². The monoisotopic (exact) mass is 293 g/mol. The summed E-state index contributed by atoms with van der Waals surface area (Å²) in [6, 6.07) is 5.69. The summed E-state index contributed by atoms with van der Waals surface area (Å²) in [6.07, 6.45) is 1.59. The zero-order valence-electron chi connectivity index (χ0n) is 11.6. The fourth-order valence-electron chi connectivity index (χ4n) is 1.90. The molecule has 0 aliphatic heterocycles. The Morgan fingerprint density at radius 2 is 2.25 bits per heavy atom. The molecule has 2 heterocycles. The third-order valence-electron chi connectivity index (χ3n) is 3.01. The minimum absolute atomic E-state index is 0.176. The van der Waals surface area contributed by atoms with Gasteiger partial charge < -0.3 is 20.0 Å². The first-order valence-corrected chi connectivity index (χ1v) is 7.33. The van der Waals surface area contributed by atoms with E-state index in [1.54, 1.807) is 23.7 Å². The first kappa shape index (κ1) is 14.6. The highest BCUT2D eigenvalue weighted by Gasteiger charge is 2.15. The van der Waals surface area contributed by atoms with Crippen molar-refractivity contribution in [1.82, 2.24) is 15.5 Å². The summed E-state index contributed by atoms with van der Waals surface area (Å²) in [7, 11) is 4.01. The Balaban J connectivity index is 1.79. The molecule has 6 heteroatoms. The molecular formula is C14H19N3O2S. The van der Waals surface area contributed by atoms with Crippen LogP contribution in [0.5, 0.6) is 0 Å². The molecule has 2 amide bonds. The number of likely N-dealkylation sites (N-methyl/N-ethyl adjacent to an activating group) is 1. The van der Waals surface area contributed by atoms with E-state index in [4.69, 9.17) is 4.42 Å². The second kappa shape index (κ2) is 7.12. The standard InChI is InChI=1S/C14H19N3O2S/c1-17(2)13(11-5-7-20-10-11)9-16-14(18)15-8-12-4-3-6-19-12/h3-7,10,13H,8-9H2,1-2H3,(H2,15,16,18)/t13-/m1/s1. The Morgan fingerprint density at radius 1 is 1.40 bits per heavy atom. The van der Waals surface area contributed by atoms with Crippen molar-refractivity contribution in [2.24, 2.45) is 0 Å². The van der Waals surface area contributed by atoms with Gasteiger partial charge in [0.15, 0.2) is 0 Å². The third kappa shape index (κ3) is 4.11. The van der Waals surface area contributed by atoms with Crippen molar-refractivity contribution in [2.75, 3.05) is 20.6 Å². The average molecular weight is 293 g/mol. The van der Waals surface area contributed by atoms with Gasteiger partial charge in [-0.05, 0) is 48.6 Å². The maximum absolute atomic E-state index is 11.8. The minimum atomic E-state index is -0.191. The molecule has 0 aliphatic carbocycles. The van der Waals surface area contributed by atoms with Crippen molar-refractivity contribution in [3.63, 3.8) is 0 Å². The maximum atomic E-state index is 11.8. The SMILES string of the molecule is CN(C)[C@H](CNC(=O)NCc1ccco1)c1ccsc1. The van der Waals surface area contributed by atoms with Crippen molar-refractivity contribution in [1.29, 1.82) is 0 Å². The lowest BCUT2D eigenvalue weighted by Gasteiger charge is -2.24. The van der Waals surface area contributed by atoms with Gasteiger partial charge in [0.05, 0.1) is 18.8 Å². The molecule has 0 radical (unpaired) electrons. The van der Waals surface area contributed by atoms with Gasteiger partial charge >= 0.3 is 6.03 Å². The fraction of sp³-hybridized carbons (Fsp3) is 0.357. The van der Waals surface area contributed by atoms with Crippen molar-refractivity contribution in [3.05, 3.63) is 46.5 Å². The summed E-state index contributed by atoms with van der Waals surface area (Å²) in [5.74, 6) is 0.738. The lowest BCUT2D eigenvalue weighted by Crippen LogP contribution is -2.40. The number of thiophene rings is 1. The molecule has 0 aromatic carbocycles. The van der Waals surface area contributed by atoms with Gasteiger partial charge in [-0.2, -0.15) is 11.3 Å². The van der Waals surface area contributed by atoms with E-state index in [0.29, 0.717) is 13.1 Å². The molecule has 2 N–H and O–H groups in total. The topological polar surface area (TPSA) is 57.5 Å². The van der Waals surface area contributed by atoms with Crippen LogP contribution in [-0.4, -0.2) is 31.6 Å². The van der Waals surface area contributed by atoms with E-state index in [2.05, 4.69) is 27.0 Å². The summed E-state index contributed by atoms with van der Waals surface area (Å²) < 4.78 is 5.16. The van der Waals surface area contributed by atoms with Gasteiger partial charge in [0.25, 0.3) is 0 Å². The molecule has 1 atom stereocenters. The second-order valence-electron chi connectivity index (χ2n) is 4.68. The van der Waals surface area contributed by atoms with E-state index >= 15 is 0 Å². The van der Waals surface area contributed by atoms with Gasteiger partial charge in [-0.15, -0.1) is 0 Å². The summed E-state index contributed by atoms with van der Waals surface area (Å²) in [5, 5.41) is 9.80. The smallest absolute Gasteiger partial charge is 0.315 e. The van der Waals surface area contributed by atoms with Crippen LogP contribution < -0.4 is 10.6 Å². The van der Waals surface area contributed by atoms with Crippen LogP contribution in [0.4, 0.5) is 4.79 Å². The van der Waals surface area contributed by atoms with Crippen molar-refractivity contribution in [3.8, 4) is 0 Å². The van der Waals surface area contributed by atoms with Crippen molar-refractivity contribution >= 4 is 17.4 Å². The number of nitrogens with one attached hydrogen (secondary N) is 2. The summed E-state index contributed by atoms with van der Waals surface area (Å²) in [5.41, 5.74) is 1.21. The Hall–Kier alpha value is -1.79. The predicted molar refractivity (Wildman–Crippen MR) is 79.7 cm³/mol. The number of urea groups is 1. The number of furan rings is 1. The Kier molecular flexibility index (Phi) is 5.20. The zero-order chi connectivity index (χ0) is 14.4. The Morgan fingerprint density at radius 3 is 2.85 bits per heavy atom. The molecule has 0 saturated heterocycles. The van der Waals surface area contributed by atoms with E-state index in [9.17, 15) is 4.79 Å². The van der Waals surface area contributed by atoms with Gasteiger partial charge in [0.2, 0.25) is 0 Å². The lowest BCUT2D eigenvalue weighted by molar-refractivity contribution is 0.231. The van der Waals surface area contributed by atoms with Gasteiger partial charge in [0.1, 0.15) is 5.76 Å². The quantitative estimate of drug-likeness (QED) is 0.860.